The Hall–Kier alpha value is -13.4. The van der Waals surface area contributed by atoms with Gasteiger partial charge in [0, 0.05) is 89.0 Å². The number of benzene rings is 15. The predicted octanol–water partition coefficient (Wildman–Crippen LogP) is 29.6. The molecular weight excluding hydrogens is 1510 g/mol. The zero-order valence-electron chi connectivity index (χ0n) is 82.8. The predicted molar refractivity (Wildman–Crippen MR) is 533 cm³/mol. The van der Waals surface area contributed by atoms with E-state index in [0.717, 1.165) is 145 Å². The number of nitrogens with zero attached hydrogens (tertiary/aromatic N) is 7. The molecule has 8 heteroatoms. The second-order valence-corrected chi connectivity index (χ2v) is 40.4. The molecule has 0 atom stereocenters. The van der Waals surface area contributed by atoms with Crippen LogP contribution in [0.2, 0.25) is 0 Å². The molecule has 15 aromatic carbocycles. The van der Waals surface area contributed by atoms with E-state index in [1.54, 1.807) is 4.57 Å². The highest BCUT2D eigenvalue weighted by atomic mass is 15.2. The maximum absolute atomic E-state index is 10.2. The van der Waals surface area contributed by atoms with Gasteiger partial charge in [-0.05, 0) is 207 Å². The van der Waals surface area contributed by atoms with Crippen molar-refractivity contribution in [1.29, 1.82) is 0 Å². The summed E-state index contributed by atoms with van der Waals surface area (Å²) in [4.78, 5) is 22.0. The Morgan fingerprint density at radius 1 is 0.248 bits per heavy atom. The van der Waals surface area contributed by atoms with Crippen LogP contribution < -0.4 is 26.2 Å². The molecule has 0 unspecified atom stereocenters. The molecule has 614 valence electrons. The van der Waals surface area contributed by atoms with E-state index in [4.69, 9.17) is 15.0 Å². The Kier molecular flexibility index (Phi) is 16.9. The fourth-order valence-corrected chi connectivity index (χ4v) is 18.7. The number of aromatic nitrogens is 5. The number of anilines is 6. The van der Waals surface area contributed by atoms with E-state index in [-0.39, 0.29) is 48.9 Å². The molecule has 2 aliphatic heterocycles. The molecule has 0 bridgehead atoms. The minimum Gasteiger partial charge on any atom is -0.310 e. The van der Waals surface area contributed by atoms with Crippen LogP contribution in [0.4, 0.5) is 34.1 Å². The van der Waals surface area contributed by atoms with Crippen molar-refractivity contribution in [2.75, 3.05) is 9.80 Å². The molecule has 0 saturated heterocycles. The summed E-state index contributed by atoms with van der Waals surface area (Å²) in [7, 11) is 0. The molecule has 0 spiro atoms. The van der Waals surface area contributed by atoms with Crippen molar-refractivity contribution >= 4 is 101 Å². The third kappa shape index (κ3) is 14.1. The van der Waals surface area contributed by atoms with Gasteiger partial charge in [0.2, 0.25) is 0 Å². The Labute approximate surface area is 749 Å². The van der Waals surface area contributed by atoms with Gasteiger partial charge < -0.3 is 18.9 Å². The van der Waals surface area contributed by atoms with Crippen LogP contribution >= 0.6 is 0 Å². The molecule has 2 aliphatic rings. The Bertz CT molecular complexity index is 7540. The van der Waals surface area contributed by atoms with Crippen molar-refractivity contribution in [3.05, 3.63) is 361 Å². The molecule has 0 N–H and O–H groups in total. The molecule has 125 heavy (non-hydrogen) atoms. The first-order chi connectivity index (χ1) is 63.1. The summed E-state index contributed by atoms with van der Waals surface area (Å²) in [6.45, 7) is 40.5. The van der Waals surface area contributed by atoms with Crippen LogP contribution in [-0.2, 0) is 32.5 Å². The number of fused-ring (bicyclic) bond motifs is 10. The van der Waals surface area contributed by atoms with Gasteiger partial charge in [0.1, 0.15) is 0 Å². The molecule has 0 fully saturated rings. The number of rotatable bonds is 11. The summed E-state index contributed by atoms with van der Waals surface area (Å²) < 4.78 is 81.9. The largest absolute Gasteiger partial charge is 0.310 e. The van der Waals surface area contributed by atoms with Gasteiger partial charge in [-0.2, -0.15) is 0 Å². The lowest BCUT2D eigenvalue weighted by atomic mass is 9.33. The first kappa shape index (κ1) is 71.0. The first-order valence-corrected chi connectivity index (χ1v) is 43.8. The van der Waals surface area contributed by atoms with Crippen molar-refractivity contribution in [2.45, 2.75) is 157 Å². The van der Waals surface area contributed by atoms with E-state index in [0.29, 0.717) is 40.1 Å². The lowest BCUT2D eigenvalue weighted by Crippen LogP contribution is -2.61. The van der Waals surface area contributed by atoms with E-state index in [1.807, 2.05) is 72.8 Å². The molecule has 7 nitrogen and oxygen atoms in total. The molecule has 20 rings (SSSR count). The highest BCUT2D eigenvalue weighted by molar-refractivity contribution is 7.00. The molecule has 3 aromatic heterocycles. The summed E-state index contributed by atoms with van der Waals surface area (Å²) in [5, 5.41) is 2.27. The normalized spacial score (nSPS) is 14.0. The van der Waals surface area contributed by atoms with E-state index in [2.05, 4.69) is 345 Å². The number of hydrogen-bond donors (Lipinski definition) is 0. The van der Waals surface area contributed by atoms with Crippen LogP contribution in [0.5, 0.6) is 0 Å². The molecule has 18 aromatic rings. The average molecular weight is 1630 g/mol. The summed E-state index contributed by atoms with van der Waals surface area (Å²) in [5.41, 5.74) is 26.4. The maximum Gasteiger partial charge on any atom is 0.252 e. The first-order valence-electron chi connectivity index (χ1n) is 47.8. The van der Waals surface area contributed by atoms with Gasteiger partial charge in [0.15, 0.2) is 17.5 Å². The Morgan fingerprint density at radius 2 is 0.568 bits per heavy atom. The molecule has 5 heterocycles. The molecule has 0 amide bonds. The zero-order valence-corrected chi connectivity index (χ0v) is 74.8. The molecular formula is C117H108BN7. The standard InChI is InChI=1S/C117H108BN7/c1-112(2,3)80-52-58-100-93(65-80)94-66-81(113(4,5)6)53-59-101(94)123(100)87-55-57-96-102(72-87)124(107-90(73-38-24-19-25-39-73)67-84(116(13,14)15)68-91(107)74-40-26-20-27-41-74)104-62-79(78-60-82(114(7,8)9)64-83(61-78)115(10,11)12)63-105-106(104)118(96)97-56-54-86(122-98-50-36-34-48-88(98)89-49-35-37-51-99(89)122)71-103(97)125(105)108-92(75-42-28-21-29-43-75)69-85(117(16,17)18)70-95(108)111-120-109(76-44-30-22-31-45-76)119-110(121-111)77-46-32-23-33-47-77/h19-72H,1-18H3/i34D,35D,36D,37D,48D,49D,50D,51D. The van der Waals surface area contributed by atoms with Crippen molar-refractivity contribution in [1.82, 2.24) is 24.1 Å². The smallest absolute Gasteiger partial charge is 0.252 e. The van der Waals surface area contributed by atoms with Crippen molar-refractivity contribution in [3.63, 3.8) is 0 Å². The van der Waals surface area contributed by atoms with E-state index in [1.165, 1.54) is 11.1 Å². The zero-order chi connectivity index (χ0) is 93.7. The second kappa shape index (κ2) is 29.7. The third-order valence-electron chi connectivity index (χ3n) is 25.7. The number of hydrogen-bond acceptors (Lipinski definition) is 5. The Balaban J connectivity index is 1.03. The number of para-hydroxylation sites is 2. The van der Waals surface area contributed by atoms with Gasteiger partial charge >= 0.3 is 0 Å². The van der Waals surface area contributed by atoms with Crippen LogP contribution in [0.1, 0.15) is 169 Å². The van der Waals surface area contributed by atoms with Crippen LogP contribution in [-0.4, -0.2) is 30.8 Å². The van der Waals surface area contributed by atoms with Crippen LogP contribution in [0.3, 0.4) is 0 Å². The molecule has 0 aliphatic carbocycles. The molecule has 0 radical (unpaired) electrons. The van der Waals surface area contributed by atoms with Gasteiger partial charge in [0.25, 0.3) is 6.71 Å². The minimum absolute atomic E-state index is 0.00218. The monoisotopic (exact) mass is 1630 g/mol. The highest BCUT2D eigenvalue weighted by Gasteiger charge is 2.47. The van der Waals surface area contributed by atoms with Crippen molar-refractivity contribution in [3.8, 4) is 90.0 Å². The van der Waals surface area contributed by atoms with E-state index < -0.39 is 60.5 Å². The summed E-state index contributed by atoms with van der Waals surface area (Å²) in [6.07, 6.45) is 0. The van der Waals surface area contributed by atoms with Gasteiger partial charge in [-0.3, -0.25) is 0 Å². The van der Waals surface area contributed by atoms with Crippen LogP contribution in [0.25, 0.3) is 134 Å². The fourth-order valence-electron chi connectivity index (χ4n) is 18.7. The lowest BCUT2D eigenvalue weighted by Gasteiger charge is -2.46. The fraction of sp³-hybridized carbons (Fsp3) is 0.205. The van der Waals surface area contributed by atoms with E-state index in [9.17, 15) is 11.0 Å². The Morgan fingerprint density at radius 3 is 0.944 bits per heavy atom. The second-order valence-electron chi connectivity index (χ2n) is 40.4. The van der Waals surface area contributed by atoms with Gasteiger partial charge in [-0.15, -0.1) is 0 Å². The van der Waals surface area contributed by atoms with Gasteiger partial charge in [0.05, 0.1) is 44.4 Å². The maximum atomic E-state index is 10.2. The quantitative estimate of drug-likeness (QED) is 0.121. The minimum atomic E-state index is -0.640. The van der Waals surface area contributed by atoms with Crippen molar-refractivity contribution < 1.29 is 11.0 Å². The average Bonchev–Trinajstić information content (AvgIpc) is 1.57. The van der Waals surface area contributed by atoms with Crippen LogP contribution in [0.15, 0.2) is 327 Å². The van der Waals surface area contributed by atoms with Gasteiger partial charge in [-0.25, -0.2) is 15.0 Å². The van der Waals surface area contributed by atoms with E-state index >= 15 is 0 Å². The highest BCUT2D eigenvalue weighted by Crippen LogP contribution is 2.57. The summed E-state index contributed by atoms with van der Waals surface area (Å²) in [6, 6.07) is 97.8. The lowest BCUT2D eigenvalue weighted by molar-refractivity contribution is 0.569. The van der Waals surface area contributed by atoms with Crippen molar-refractivity contribution in [2.24, 2.45) is 0 Å². The summed E-state index contributed by atoms with van der Waals surface area (Å²) >= 11 is 0. The summed E-state index contributed by atoms with van der Waals surface area (Å²) in [5.74, 6) is 1.32. The van der Waals surface area contributed by atoms with Gasteiger partial charge in [-0.1, -0.05) is 355 Å². The van der Waals surface area contributed by atoms with Crippen LogP contribution in [0, 0.1) is 0 Å². The SMILES string of the molecule is [2H]c1c([2H])c([2H])c2c(c1[2H])c1c([2H])c([2H])c([2H])c([2H])c1n2-c1ccc2c(c1)N(c1c(-c3ccccc3)cc(C(C)(C)C)cc1-c1nc(-c3ccccc3)nc(-c3ccccc3)n1)c1cc(-c3cc(C(C)(C)C)cc(C(C)(C)C)c3)cc3c1B2c1ccc(-n2c4ccc(C(C)(C)C)cc4c4cc(C(C)(C)C)ccc42)cc1N3c1c(-c2ccccc2)cc(C(C)(C)C)cc1-c1ccccc1. The topological polar surface area (TPSA) is 55.0 Å². The third-order valence-corrected chi connectivity index (χ3v) is 25.7. The molecule has 0 saturated carbocycles.